The van der Waals surface area contributed by atoms with E-state index in [1.807, 2.05) is 28.8 Å². The normalized spacial score (nSPS) is 14.2. The predicted molar refractivity (Wildman–Crippen MR) is 93.4 cm³/mol. The molecule has 124 valence electrons. The number of H-pyrrole nitrogens is 1. The molecule has 24 heavy (non-hydrogen) atoms. The number of carbonyl (C=O) groups excluding carboxylic acids is 1. The Hall–Kier alpha value is -2.56. The molecule has 2 aromatic heterocycles. The Morgan fingerprint density at radius 3 is 2.96 bits per heavy atom. The van der Waals surface area contributed by atoms with Gasteiger partial charge in [0.15, 0.2) is 0 Å². The van der Waals surface area contributed by atoms with E-state index in [9.17, 15) is 4.79 Å². The van der Waals surface area contributed by atoms with E-state index in [1.54, 1.807) is 6.20 Å². The lowest BCUT2D eigenvalue weighted by atomic mass is 10.1. The third kappa shape index (κ3) is 2.94. The van der Waals surface area contributed by atoms with E-state index in [2.05, 4.69) is 34.4 Å². The number of para-hydroxylation sites is 1. The van der Waals surface area contributed by atoms with Gasteiger partial charge in [-0.3, -0.25) is 4.79 Å². The van der Waals surface area contributed by atoms with Crippen molar-refractivity contribution in [1.82, 2.24) is 19.4 Å². The van der Waals surface area contributed by atoms with Crippen LogP contribution in [0.2, 0.25) is 0 Å². The number of carbonyl (C=O) groups is 1. The summed E-state index contributed by atoms with van der Waals surface area (Å²) < 4.78 is 1.98. The van der Waals surface area contributed by atoms with Gasteiger partial charge in [0.2, 0.25) is 5.91 Å². The van der Waals surface area contributed by atoms with Gasteiger partial charge in [0, 0.05) is 49.0 Å². The first-order chi connectivity index (χ1) is 11.7. The van der Waals surface area contributed by atoms with Crippen LogP contribution in [0.15, 0.2) is 42.9 Å². The summed E-state index contributed by atoms with van der Waals surface area (Å²) in [4.78, 5) is 22.3. The fourth-order valence-corrected chi connectivity index (χ4v) is 3.17. The average molecular weight is 322 g/mol. The number of nitrogens with zero attached hydrogens (tertiary/aromatic N) is 3. The highest BCUT2D eigenvalue weighted by atomic mass is 16.2. The number of aromatic amines is 1. The summed E-state index contributed by atoms with van der Waals surface area (Å²) >= 11 is 0. The molecule has 0 atom stereocenters. The van der Waals surface area contributed by atoms with Crippen LogP contribution in [0.3, 0.4) is 0 Å². The summed E-state index contributed by atoms with van der Waals surface area (Å²) in [5.74, 6) is 1.44. The molecular formula is C19H22N4O. The first kappa shape index (κ1) is 15.0. The van der Waals surface area contributed by atoms with E-state index in [0.717, 1.165) is 37.1 Å². The third-order valence-corrected chi connectivity index (χ3v) is 4.82. The molecule has 1 N–H and O–H groups in total. The van der Waals surface area contributed by atoms with Crippen LogP contribution in [0, 0.1) is 5.92 Å². The first-order valence-corrected chi connectivity index (χ1v) is 8.52. The number of nitrogens with one attached hydrogen (secondary N) is 1. The van der Waals surface area contributed by atoms with Crippen LogP contribution in [0.25, 0.3) is 10.9 Å². The van der Waals surface area contributed by atoms with Crippen LogP contribution < -0.4 is 0 Å². The fraction of sp³-hybridized carbons (Fsp3) is 0.368. The molecule has 1 amide bonds. The lowest BCUT2D eigenvalue weighted by Gasteiger charge is -2.22. The number of imidazole rings is 1. The molecule has 1 aliphatic carbocycles. The lowest BCUT2D eigenvalue weighted by molar-refractivity contribution is -0.133. The third-order valence-electron chi connectivity index (χ3n) is 4.82. The maximum absolute atomic E-state index is 12.6. The number of aryl methyl sites for hydroxylation is 1. The molecule has 0 spiro atoms. The smallest absolute Gasteiger partial charge is 0.226 e. The molecule has 5 nitrogen and oxygen atoms in total. The van der Waals surface area contributed by atoms with Gasteiger partial charge in [-0.05, 0) is 30.9 Å². The van der Waals surface area contributed by atoms with E-state index in [1.165, 1.54) is 10.9 Å². The molecule has 0 unspecified atom stereocenters. The van der Waals surface area contributed by atoms with Gasteiger partial charge in [-0.1, -0.05) is 18.2 Å². The summed E-state index contributed by atoms with van der Waals surface area (Å²) in [6.07, 6.45) is 8.69. The predicted octanol–water partition coefficient (Wildman–Crippen LogP) is 2.88. The van der Waals surface area contributed by atoms with Crippen LogP contribution in [0.4, 0.5) is 0 Å². The van der Waals surface area contributed by atoms with Gasteiger partial charge in [-0.15, -0.1) is 0 Å². The summed E-state index contributed by atoms with van der Waals surface area (Å²) in [5, 5.41) is 1.24. The number of amides is 1. The van der Waals surface area contributed by atoms with Crippen molar-refractivity contribution in [2.75, 3.05) is 6.54 Å². The second kappa shape index (κ2) is 6.15. The largest absolute Gasteiger partial charge is 0.361 e. The number of benzene rings is 1. The van der Waals surface area contributed by atoms with Crippen LogP contribution >= 0.6 is 0 Å². The van der Waals surface area contributed by atoms with Gasteiger partial charge in [0.1, 0.15) is 5.82 Å². The Bertz CT molecular complexity index is 859. The van der Waals surface area contributed by atoms with Crippen LogP contribution in [0.5, 0.6) is 0 Å². The second-order valence-corrected chi connectivity index (χ2v) is 6.60. The summed E-state index contributed by atoms with van der Waals surface area (Å²) in [6, 6.07) is 8.31. The molecule has 0 radical (unpaired) electrons. The van der Waals surface area contributed by atoms with Gasteiger partial charge in [-0.25, -0.2) is 4.98 Å². The quantitative estimate of drug-likeness (QED) is 0.759. The van der Waals surface area contributed by atoms with Crippen LogP contribution in [-0.4, -0.2) is 31.9 Å². The van der Waals surface area contributed by atoms with Gasteiger partial charge >= 0.3 is 0 Å². The number of rotatable bonds is 6. The van der Waals surface area contributed by atoms with Crippen molar-refractivity contribution in [2.45, 2.75) is 25.8 Å². The zero-order chi connectivity index (χ0) is 16.5. The van der Waals surface area contributed by atoms with Crippen LogP contribution in [-0.2, 0) is 24.8 Å². The van der Waals surface area contributed by atoms with E-state index in [0.29, 0.717) is 6.54 Å². The number of aromatic nitrogens is 3. The van der Waals surface area contributed by atoms with Crippen molar-refractivity contribution in [3.63, 3.8) is 0 Å². The highest BCUT2D eigenvalue weighted by Crippen LogP contribution is 2.31. The van der Waals surface area contributed by atoms with Crippen molar-refractivity contribution >= 4 is 16.8 Å². The maximum Gasteiger partial charge on any atom is 0.226 e. The Labute approximate surface area is 141 Å². The second-order valence-electron chi connectivity index (χ2n) is 6.60. The zero-order valence-electron chi connectivity index (χ0n) is 13.9. The molecule has 1 fully saturated rings. The van der Waals surface area contributed by atoms with Crippen LogP contribution in [0.1, 0.15) is 24.2 Å². The molecule has 4 rings (SSSR count). The van der Waals surface area contributed by atoms with Crippen molar-refractivity contribution in [1.29, 1.82) is 0 Å². The van der Waals surface area contributed by atoms with Crippen molar-refractivity contribution in [3.05, 3.63) is 54.2 Å². The molecule has 2 heterocycles. The summed E-state index contributed by atoms with van der Waals surface area (Å²) in [7, 11) is 1.97. The first-order valence-electron chi connectivity index (χ1n) is 8.52. The Balaban J connectivity index is 1.51. The molecule has 1 aliphatic rings. The van der Waals surface area contributed by atoms with Gasteiger partial charge in [0.05, 0.1) is 6.54 Å². The zero-order valence-corrected chi connectivity index (χ0v) is 13.9. The number of fused-ring (bicyclic) bond motifs is 1. The molecule has 1 saturated carbocycles. The SMILES string of the molecule is Cn1ccnc1CN(CCc1c[nH]c2ccccc12)C(=O)C1CC1. The minimum absolute atomic E-state index is 0.230. The van der Waals surface area contributed by atoms with Crippen molar-refractivity contribution in [2.24, 2.45) is 13.0 Å². The summed E-state index contributed by atoms with van der Waals surface area (Å²) in [5.41, 5.74) is 2.41. The number of hydrogen-bond donors (Lipinski definition) is 1. The molecule has 0 saturated heterocycles. The summed E-state index contributed by atoms with van der Waals surface area (Å²) in [6.45, 7) is 1.31. The van der Waals surface area contributed by atoms with Gasteiger partial charge < -0.3 is 14.5 Å². The molecule has 0 bridgehead atoms. The Morgan fingerprint density at radius 1 is 1.38 bits per heavy atom. The molecular weight excluding hydrogens is 300 g/mol. The topological polar surface area (TPSA) is 53.9 Å². The minimum Gasteiger partial charge on any atom is -0.361 e. The van der Waals surface area contributed by atoms with Crippen molar-refractivity contribution < 1.29 is 4.79 Å². The van der Waals surface area contributed by atoms with E-state index >= 15 is 0 Å². The molecule has 0 aliphatic heterocycles. The molecule has 3 aromatic rings. The molecule has 1 aromatic carbocycles. The standard InChI is InChI=1S/C19H22N4O/c1-22-11-9-20-18(22)13-23(19(24)14-6-7-14)10-8-15-12-21-17-5-3-2-4-16(15)17/h2-5,9,11-12,14,21H,6-8,10,13H2,1H3. The average Bonchev–Trinajstić information content (AvgIpc) is 3.26. The van der Waals surface area contributed by atoms with E-state index in [4.69, 9.17) is 0 Å². The van der Waals surface area contributed by atoms with Gasteiger partial charge in [0.25, 0.3) is 0 Å². The lowest BCUT2D eigenvalue weighted by Crippen LogP contribution is -2.34. The Kier molecular flexibility index (Phi) is 3.84. The molecule has 5 heteroatoms. The van der Waals surface area contributed by atoms with E-state index in [-0.39, 0.29) is 11.8 Å². The maximum atomic E-state index is 12.6. The Morgan fingerprint density at radius 2 is 2.21 bits per heavy atom. The highest BCUT2D eigenvalue weighted by molar-refractivity contribution is 5.83. The highest BCUT2D eigenvalue weighted by Gasteiger charge is 2.33. The monoisotopic (exact) mass is 322 g/mol. The fourth-order valence-electron chi connectivity index (χ4n) is 3.17. The van der Waals surface area contributed by atoms with E-state index < -0.39 is 0 Å². The number of hydrogen-bond acceptors (Lipinski definition) is 2. The minimum atomic E-state index is 0.230. The van der Waals surface area contributed by atoms with Gasteiger partial charge in [-0.2, -0.15) is 0 Å². The van der Waals surface area contributed by atoms with Crippen molar-refractivity contribution in [3.8, 4) is 0 Å².